The molecule has 1 spiro atoms. The summed E-state index contributed by atoms with van der Waals surface area (Å²) in [6.45, 7) is 1.96. The Kier molecular flexibility index (Phi) is 8.74. The molecule has 2 fully saturated rings. The van der Waals surface area contributed by atoms with Crippen LogP contribution < -0.4 is 15.4 Å². The third-order valence-corrected chi connectivity index (χ3v) is 9.74. The van der Waals surface area contributed by atoms with Crippen molar-refractivity contribution in [2.45, 2.75) is 43.6 Å². The molecule has 0 unspecified atom stereocenters. The number of methoxy groups -OCH3 is 1. The van der Waals surface area contributed by atoms with Crippen LogP contribution in [-0.4, -0.2) is 53.7 Å². The smallest absolute Gasteiger partial charge is 0.465 e. The van der Waals surface area contributed by atoms with Crippen LogP contribution in [-0.2, 0) is 19.9 Å². The van der Waals surface area contributed by atoms with Gasteiger partial charge in [0, 0.05) is 46.9 Å². The number of anilines is 2. The van der Waals surface area contributed by atoms with Crippen LogP contribution in [0.5, 0.6) is 5.75 Å². The summed E-state index contributed by atoms with van der Waals surface area (Å²) in [5, 5.41) is 17.3. The number of hydrogen-bond acceptors (Lipinski definition) is 8. The number of nitrogens with zero attached hydrogens (tertiary/aromatic N) is 2. The molecule has 2 amide bonds. The van der Waals surface area contributed by atoms with Crippen LogP contribution in [0.25, 0.3) is 0 Å². The Bertz CT molecular complexity index is 1910. The minimum Gasteiger partial charge on any atom is -0.465 e. The molecule has 3 aliphatic rings. The molecule has 3 aromatic rings. The second-order valence-corrected chi connectivity index (χ2v) is 12.9. The highest BCUT2D eigenvalue weighted by Crippen LogP contribution is 2.61. The number of nitro groups is 1. The average molecular weight is 725 g/mol. The molecule has 0 bridgehead atoms. The minimum atomic E-state index is -5.34. The monoisotopic (exact) mass is 724 g/mol. The van der Waals surface area contributed by atoms with E-state index in [2.05, 4.69) is 20.1 Å². The fourth-order valence-electron chi connectivity index (χ4n) is 7.07. The number of carbonyl (C=O) groups is 3. The number of fused-ring (bicyclic) bond motifs is 2. The Morgan fingerprint density at radius 1 is 1.16 bits per heavy atom. The van der Waals surface area contributed by atoms with Gasteiger partial charge in [-0.3, -0.25) is 24.6 Å². The molecular weight excluding hydrogens is 699 g/mol. The predicted molar refractivity (Wildman–Crippen MR) is 168 cm³/mol. The molecule has 2 aliphatic heterocycles. The molecule has 49 heavy (non-hydrogen) atoms. The summed E-state index contributed by atoms with van der Waals surface area (Å²) in [7, 11) is 0.853. The van der Waals surface area contributed by atoms with Crippen LogP contribution in [0, 0.1) is 27.8 Å². The van der Waals surface area contributed by atoms with Gasteiger partial charge in [0.1, 0.15) is 28.4 Å². The van der Waals surface area contributed by atoms with Gasteiger partial charge in [0.2, 0.25) is 11.8 Å². The molecule has 2 heterocycles. The highest BCUT2D eigenvalue weighted by molar-refractivity contribution is 6.31. The van der Waals surface area contributed by atoms with E-state index in [1.54, 1.807) is 19.1 Å². The molecule has 0 aromatic heterocycles. The van der Waals surface area contributed by atoms with Crippen molar-refractivity contribution in [3.8, 4) is 5.75 Å². The van der Waals surface area contributed by atoms with E-state index in [-0.39, 0.29) is 16.5 Å². The van der Waals surface area contributed by atoms with Gasteiger partial charge in [0.25, 0.3) is 5.69 Å². The van der Waals surface area contributed by atoms with Crippen molar-refractivity contribution in [2.24, 2.45) is 11.8 Å². The highest BCUT2D eigenvalue weighted by Gasteiger charge is 2.68. The van der Waals surface area contributed by atoms with E-state index < -0.39 is 81.0 Å². The largest absolute Gasteiger partial charge is 0.573 e. The number of benzene rings is 3. The zero-order valence-electron chi connectivity index (χ0n) is 25.6. The Hall–Kier alpha value is -4.47. The summed E-state index contributed by atoms with van der Waals surface area (Å²) in [6.07, 6.45) is -3.67. The maximum Gasteiger partial charge on any atom is 0.573 e. The number of amides is 2. The van der Waals surface area contributed by atoms with Crippen molar-refractivity contribution < 1.29 is 46.3 Å². The van der Waals surface area contributed by atoms with Crippen molar-refractivity contribution in [3.05, 3.63) is 91.2 Å². The van der Waals surface area contributed by atoms with Gasteiger partial charge in [0.15, 0.2) is 0 Å². The van der Waals surface area contributed by atoms with E-state index in [0.29, 0.717) is 35.0 Å². The van der Waals surface area contributed by atoms with Crippen molar-refractivity contribution in [1.82, 2.24) is 4.90 Å². The molecule has 1 saturated carbocycles. The number of halogens is 6. The van der Waals surface area contributed by atoms with Gasteiger partial charge in [-0.15, -0.1) is 13.2 Å². The molecule has 3 aromatic carbocycles. The lowest BCUT2D eigenvalue weighted by atomic mass is 9.71. The first-order chi connectivity index (χ1) is 23.1. The summed E-state index contributed by atoms with van der Waals surface area (Å²) < 4.78 is 64.6. The van der Waals surface area contributed by atoms with Crippen molar-refractivity contribution >= 4 is 58.0 Å². The number of hydrogen-bond donors (Lipinski definition) is 2. The van der Waals surface area contributed by atoms with Gasteiger partial charge in [-0.2, -0.15) is 0 Å². The molecule has 0 radical (unpaired) electrons. The molecule has 11 nitrogen and oxygen atoms in total. The van der Waals surface area contributed by atoms with E-state index in [0.717, 1.165) is 20.0 Å². The first-order valence-electron chi connectivity index (χ1n) is 14.9. The van der Waals surface area contributed by atoms with E-state index >= 15 is 4.39 Å². The predicted octanol–water partition coefficient (Wildman–Crippen LogP) is 7.03. The summed E-state index contributed by atoms with van der Waals surface area (Å²) in [5.74, 6) is -7.55. The molecule has 17 heteroatoms. The number of carbonyl (C=O) groups excluding carboxylic acids is 3. The number of esters is 1. The van der Waals surface area contributed by atoms with E-state index in [1.807, 2.05) is 4.90 Å². The Balaban J connectivity index is 1.55. The van der Waals surface area contributed by atoms with Crippen molar-refractivity contribution in [3.63, 3.8) is 0 Å². The maximum atomic E-state index is 16.1. The van der Waals surface area contributed by atoms with Gasteiger partial charge >= 0.3 is 12.3 Å². The van der Waals surface area contributed by atoms with E-state index in [9.17, 15) is 37.7 Å². The van der Waals surface area contributed by atoms with Gasteiger partial charge in [-0.1, -0.05) is 41.4 Å². The SMILES string of the molecule is COC(=O)c1cc([N+](=O)[O-])c(NC(=O)[C@@H]2[C@H](C)N(CC3CC3)[C@@]3(C(=O)Nc4cc(Cl)ccc43)[C@H]2c2cccc(Cl)c2F)cc1OC(F)(F)F. The van der Waals surface area contributed by atoms with Gasteiger partial charge < -0.3 is 20.1 Å². The number of alkyl halides is 3. The molecule has 1 saturated heterocycles. The van der Waals surface area contributed by atoms with Crippen LogP contribution in [0.2, 0.25) is 10.0 Å². The minimum absolute atomic E-state index is 0.104. The molecular formula is C32H26Cl2F4N4O7. The zero-order chi connectivity index (χ0) is 35.6. The van der Waals surface area contributed by atoms with E-state index in [1.165, 1.54) is 24.3 Å². The van der Waals surface area contributed by atoms with Crippen LogP contribution in [0.15, 0.2) is 48.5 Å². The number of nitrogens with one attached hydrogen (secondary N) is 2. The van der Waals surface area contributed by atoms with Crippen LogP contribution in [0.3, 0.4) is 0 Å². The number of nitro benzene ring substituents is 1. The molecule has 4 atom stereocenters. The van der Waals surface area contributed by atoms with Crippen molar-refractivity contribution in [1.29, 1.82) is 0 Å². The topological polar surface area (TPSA) is 140 Å². The van der Waals surface area contributed by atoms with E-state index in [4.69, 9.17) is 23.2 Å². The second-order valence-electron chi connectivity index (χ2n) is 12.0. The van der Waals surface area contributed by atoms with Gasteiger partial charge in [0.05, 0.1) is 23.0 Å². The fraction of sp³-hybridized carbons (Fsp3) is 0.344. The third kappa shape index (κ3) is 5.93. The maximum absolute atomic E-state index is 16.1. The molecule has 1 aliphatic carbocycles. The van der Waals surface area contributed by atoms with Crippen LogP contribution in [0.4, 0.5) is 34.6 Å². The Morgan fingerprint density at radius 2 is 1.88 bits per heavy atom. The lowest BCUT2D eigenvalue weighted by Gasteiger charge is -2.39. The second kappa shape index (κ2) is 12.4. The highest BCUT2D eigenvalue weighted by atomic mass is 35.5. The van der Waals surface area contributed by atoms with Gasteiger partial charge in [-0.25, -0.2) is 9.18 Å². The summed E-state index contributed by atoms with van der Waals surface area (Å²) in [5.41, 5.74) is -3.71. The first kappa shape index (κ1) is 34.4. The summed E-state index contributed by atoms with van der Waals surface area (Å²) in [4.78, 5) is 54.0. The number of ether oxygens (including phenoxy) is 2. The lowest BCUT2D eigenvalue weighted by Crippen LogP contribution is -2.52. The molecule has 258 valence electrons. The molecule has 6 rings (SSSR count). The standard InChI is InChI=1S/C32H26Cl2F4N4O7/c1-14-25(28(43)39-22-12-24(49-32(36,37)38)18(29(44)48-2)11-23(22)42(46)47)26(17-4-3-5-20(34)27(17)35)31(41(14)13-15-6-7-15)19-9-8-16(33)10-21(19)40-30(31)45/h3-5,8-12,14-15,25-26H,6-7,13H2,1-2H3,(H,39,43)(H,40,45)/t14-,25+,26-,31+/m0/s1. The third-order valence-electron chi connectivity index (χ3n) is 9.21. The van der Waals surface area contributed by atoms with Crippen LogP contribution >= 0.6 is 23.2 Å². The normalized spacial score (nSPS) is 23.3. The Morgan fingerprint density at radius 3 is 2.51 bits per heavy atom. The summed E-state index contributed by atoms with van der Waals surface area (Å²) >= 11 is 12.5. The summed E-state index contributed by atoms with van der Waals surface area (Å²) in [6, 6.07) is 8.92. The first-order valence-corrected chi connectivity index (χ1v) is 15.6. The Labute approximate surface area is 285 Å². The number of likely N-dealkylation sites (tertiary alicyclic amines) is 1. The number of rotatable bonds is 8. The quantitative estimate of drug-likeness (QED) is 0.109. The zero-order valence-corrected chi connectivity index (χ0v) is 27.1. The van der Waals surface area contributed by atoms with Crippen LogP contribution in [0.1, 0.15) is 47.2 Å². The van der Waals surface area contributed by atoms with Gasteiger partial charge in [-0.05, 0) is 49.4 Å². The van der Waals surface area contributed by atoms with Crippen molar-refractivity contribution in [2.75, 3.05) is 24.3 Å². The fourth-order valence-corrected chi connectivity index (χ4v) is 7.42. The average Bonchev–Trinajstić information content (AvgIpc) is 3.75. The molecule has 2 N–H and O–H groups in total. The lowest BCUT2D eigenvalue weighted by molar-refractivity contribution is -0.384.